The SMILES string of the molecule is ClCCN(Cc1ccccc1)c1nccs1. The van der Waals surface area contributed by atoms with Crippen LogP contribution in [-0.2, 0) is 6.54 Å². The van der Waals surface area contributed by atoms with Crippen molar-refractivity contribution in [2.24, 2.45) is 0 Å². The summed E-state index contributed by atoms with van der Waals surface area (Å²) in [7, 11) is 0. The van der Waals surface area contributed by atoms with Crippen LogP contribution in [0.15, 0.2) is 41.9 Å². The lowest BCUT2D eigenvalue weighted by molar-refractivity contribution is 0.830. The summed E-state index contributed by atoms with van der Waals surface area (Å²) in [4.78, 5) is 6.52. The fourth-order valence-corrected chi connectivity index (χ4v) is 2.39. The van der Waals surface area contributed by atoms with E-state index in [-0.39, 0.29) is 0 Å². The summed E-state index contributed by atoms with van der Waals surface area (Å²) in [6.07, 6.45) is 1.83. The lowest BCUT2D eigenvalue weighted by Crippen LogP contribution is -2.24. The number of aromatic nitrogens is 1. The molecule has 0 fully saturated rings. The van der Waals surface area contributed by atoms with Crippen LogP contribution in [0.3, 0.4) is 0 Å². The van der Waals surface area contributed by atoms with Crippen LogP contribution >= 0.6 is 22.9 Å². The normalized spacial score (nSPS) is 10.3. The van der Waals surface area contributed by atoms with Crippen LogP contribution in [0.2, 0.25) is 0 Å². The molecule has 0 amide bonds. The minimum Gasteiger partial charge on any atom is -0.343 e. The maximum Gasteiger partial charge on any atom is 0.185 e. The molecule has 2 aromatic rings. The molecule has 1 aromatic carbocycles. The first kappa shape index (κ1) is 11.4. The molecule has 0 aliphatic carbocycles. The van der Waals surface area contributed by atoms with Crippen molar-refractivity contribution in [1.29, 1.82) is 0 Å². The Morgan fingerprint density at radius 1 is 1.25 bits per heavy atom. The predicted octanol–water partition coefficient (Wildman–Crippen LogP) is 3.39. The second kappa shape index (κ2) is 5.87. The number of alkyl halides is 1. The molecule has 0 spiro atoms. The molecule has 0 N–H and O–H groups in total. The Kier molecular flexibility index (Phi) is 4.19. The number of halogens is 1. The van der Waals surface area contributed by atoms with Crippen LogP contribution in [0.1, 0.15) is 5.56 Å². The van der Waals surface area contributed by atoms with E-state index in [1.54, 1.807) is 11.3 Å². The highest BCUT2D eigenvalue weighted by atomic mass is 35.5. The summed E-state index contributed by atoms with van der Waals surface area (Å²) < 4.78 is 0. The van der Waals surface area contributed by atoms with E-state index in [0.29, 0.717) is 5.88 Å². The van der Waals surface area contributed by atoms with Gasteiger partial charge in [0.15, 0.2) is 5.13 Å². The highest BCUT2D eigenvalue weighted by Crippen LogP contribution is 2.19. The molecule has 84 valence electrons. The number of rotatable bonds is 5. The van der Waals surface area contributed by atoms with Crippen molar-refractivity contribution in [3.63, 3.8) is 0 Å². The van der Waals surface area contributed by atoms with Crippen molar-refractivity contribution in [2.45, 2.75) is 6.54 Å². The summed E-state index contributed by atoms with van der Waals surface area (Å²) in [6, 6.07) is 10.4. The first-order valence-electron chi connectivity index (χ1n) is 5.14. The van der Waals surface area contributed by atoms with Gasteiger partial charge >= 0.3 is 0 Å². The first-order chi connectivity index (χ1) is 7.90. The molecule has 0 aliphatic heterocycles. The van der Waals surface area contributed by atoms with Gasteiger partial charge in [0, 0.05) is 30.5 Å². The van der Waals surface area contributed by atoms with Gasteiger partial charge in [0.2, 0.25) is 0 Å². The number of thiazole rings is 1. The third kappa shape index (κ3) is 2.97. The van der Waals surface area contributed by atoms with Gasteiger partial charge in [-0.15, -0.1) is 22.9 Å². The summed E-state index contributed by atoms with van der Waals surface area (Å²) in [5, 5.41) is 3.02. The van der Waals surface area contributed by atoms with E-state index in [9.17, 15) is 0 Å². The Bertz CT molecular complexity index is 402. The van der Waals surface area contributed by atoms with Crippen LogP contribution in [0.25, 0.3) is 0 Å². The van der Waals surface area contributed by atoms with Gasteiger partial charge in [0.05, 0.1) is 0 Å². The molecule has 4 heteroatoms. The van der Waals surface area contributed by atoms with Crippen LogP contribution in [-0.4, -0.2) is 17.4 Å². The van der Waals surface area contributed by atoms with E-state index >= 15 is 0 Å². The molecule has 2 rings (SSSR count). The number of hydrogen-bond donors (Lipinski definition) is 0. The molecule has 16 heavy (non-hydrogen) atoms. The summed E-state index contributed by atoms with van der Waals surface area (Å²) in [5.74, 6) is 0.617. The number of nitrogens with zero attached hydrogens (tertiary/aromatic N) is 2. The van der Waals surface area contributed by atoms with Crippen molar-refractivity contribution in [3.05, 3.63) is 47.5 Å². The molecule has 0 aliphatic rings. The van der Waals surface area contributed by atoms with E-state index in [2.05, 4.69) is 34.1 Å². The minimum atomic E-state index is 0.617. The molecule has 0 unspecified atom stereocenters. The highest BCUT2D eigenvalue weighted by Gasteiger charge is 2.08. The largest absolute Gasteiger partial charge is 0.343 e. The summed E-state index contributed by atoms with van der Waals surface area (Å²) in [6.45, 7) is 1.69. The lowest BCUT2D eigenvalue weighted by Gasteiger charge is -2.20. The fourth-order valence-electron chi connectivity index (χ4n) is 1.52. The molecule has 0 radical (unpaired) electrons. The Morgan fingerprint density at radius 3 is 2.69 bits per heavy atom. The van der Waals surface area contributed by atoms with Gasteiger partial charge in [-0.25, -0.2) is 4.98 Å². The standard InChI is InChI=1S/C12H13ClN2S/c13-6-8-15(12-14-7-9-16-12)10-11-4-2-1-3-5-11/h1-5,7,9H,6,8,10H2. The second-order valence-electron chi connectivity index (χ2n) is 3.41. The van der Waals surface area contributed by atoms with Gasteiger partial charge in [0.25, 0.3) is 0 Å². The molecule has 0 saturated carbocycles. The molecule has 1 heterocycles. The van der Waals surface area contributed by atoms with Crippen molar-refractivity contribution in [1.82, 2.24) is 4.98 Å². The third-order valence-electron chi connectivity index (χ3n) is 2.26. The summed E-state index contributed by atoms with van der Waals surface area (Å²) >= 11 is 7.46. The number of benzene rings is 1. The Morgan fingerprint density at radius 2 is 2.06 bits per heavy atom. The Labute approximate surface area is 105 Å². The number of hydrogen-bond acceptors (Lipinski definition) is 3. The average molecular weight is 253 g/mol. The molecular formula is C12H13ClN2S. The van der Waals surface area contributed by atoms with Crippen molar-refractivity contribution in [2.75, 3.05) is 17.3 Å². The average Bonchev–Trinajstić information content (AvgIpc) is 2.83. The number of anilines is 1. The lowest BCUT2D eigenvalue weighted by atomic mass is 10.2. The fraction of sp³-hybridized carbons (Fsp3) is 0.250. The first-order valence-corrected chi connectivity index (χ1v) is 6.56. The molecule has 0 bridgehead atoms. The van der Waals surface area contributed by atoms with E-state index in [1.165, 1.54) is 5.56 Å². The highest BCUT2D eigenvalue weighted by molar-refractivity contribution is 7.13. The zero-order chi connectivity index (χ0) is 11.2. The van der Waals surface area contributed by atoms with Crippen LogP contribution < -0.4 is 4.90 Å². The zero-order valence-electron chi connectivity index (χ0n) is 8.84. The van der Waals surface area contributed by atoms with Crippen molar-refractivity contribution in [3.8, 4) is 0 Å². The van der Waals surface area contributed by atoms with Gasteiger partial charge in [0.1, 0.15) is 0 Å². The van der Waals surface area contributed by atoms with Crippen molar-refractivity contribution >= 4 is 28.1 Å². The van der Waals surface area contributed by atoms with Gasteiger partial charge in [-0.2, -0.15) is 0 Å². The van der Waals surface area contributed by atoms with E-state index in [4.69, 9.17) is 11.6 Å². The van der Waals surface area contributed by atoms with E-state index in [0.717, 1.165) is 18.2 Å². The topological polar surface area (TPSA) is 16.1 Å². The quantitative estimate of drug-likeness (QED) is 0.759. The maximum absolute atomic E-state index is 5.81. The van der Waals surface area contributed by atoms with Crippen molar-refractivity contribution < 1.29 is 0 Å². The van der Waals surface area contributed by atoms with Gasteiger partial charge < -0.3 is 4.90 Å². The summed E-state index contributed by atoms with van der Waals surface area (Å²) in [5.41, 5.74) is 1.28. The van der Waals surface area contributed by atoms with Gasteiger partial charge in [-0.3, -0.25) is 0 Å². The Balaban J connectivity index is 2.09. The zero-order valence-corrected chi connectivity index (χ0v) is 10.4. The molecule has 1 aromatic heterocycles. The maximum atomic E-state index is 5.81. The Hall–Kier alpha value is -1.06. The van der Waals surface area contributed by atoms with Crippen LogP contribution in [0.4, 0.5) is 5.13 Å². The molecule has 2 nitrogen and oxygen atoms in total. The molecule has 0 atom stereocenters. The van der Waals surface area contributed by atoms with E-state index in [1.807, 2.05) is 17.6 Å². The van der Waals surface area contributed by atoms with Crippen LogP contribution in [0, 0.1) is 0 Å². The predicted molar refractivity (Wildman–Crippen MR) is 70.3 cm³/mol. The van der Waals surface area contributed by atoms with Gasteiger partial charge in [-0.1, -0.05) is 30.3 Å². The second-order valence-corrected chi connectivity index (χ2v) is 4.66. The smallest absolute Gasteiger partial charge is 0.185 e. The van der Waals surface area contributed by atoms with E-state index < -0.39 is 0 Å². The van der Waals surface area contributed by atoms with Gasteiger partial charge in [-0.05, 0) is 5.56 Å². The van der Waals surface area contributed by atoms with Crippen LogP contribution in [0.5, 0.6) is 0 Å². The molecular weight excluding hydrogens is 240 g/mol. The minimum absolute atomic E-state index is 0.617. The molecule has 0 saturated heterocycles. The third-order valence-corrected chi connectivity index (χ3v) is 3.26. The monoisotopic (exact) mass is 252 g/mol.